The molecule has 13 heavy (non-hydrogen) atoms. The van der Waals surface area contributed by atoms with Crippen LogP contribution in [0.1, 0.15) is 19.4 Å². The molecule has 0 aliphatic rings. The van der Waals surface area contributed by atoms with Crippen LogP contribution in [0.25, 0.3) is 0 Å². The molecule has 2 heteroatoms. The van der Waals surface area contributed by atoms with Gasteiger partial charge < -0.3 is 5.73 Å². The number of nitrogens with two attached hydrogens (primary N) is 1. The molecule has 0 aliphatic carbocycles. The zero-order valence-electron chi connectivity index (χ0n) is 8.08. The monoisotopic (exact) mass is 177 g/mol. The molecule has 0 saturated carbocycles. The Labute approximate surface area is 78.8 Å². The normalized spacial score (nSPS) is 10.4. The molecule has 0 unspecified atom stereocenters. The van der Waals surface area contributed by atoms with Crippen molar-refractivity contribution >= 4 is 11.5 Å². The van der Waals surface area contributed by atoms with E-state index in [-0.39, 0.29) is 11.7 Å². The van der Waals surface area contributed by atoms with Crippen molar-refractivity contribution in [3.05, 3.63) is 29.8 Å². The van der Waals surface area contributed by atoms with Crippen LogP contribution in [0.3, 0.4) is 0 Å². The van der Waals surface area contributed by atoms with Crippen molar-refractivity contribution in [3.8, 4) is 0 Å². The minimum Gasteiger partial charge on any atom is -0.399 e. The SMILES string of the molecule is CC(C)C(=O)Cc1cccc(N)c1. The summed E-state index contributed by atoms with van der Waals surface area (Å²) in [5.41, 5.74) is 7.31. The summed E-state index contributed by atoms with van der Waals surface area (Å²) in [6.45, 7) is 3.82. The van der Waals surface area contributed by atoms with E-state index in [1.807, 2.05) is 38.1 Å². The molecule has 1 aromatic carbocycles. The maximum absolute atomic E-state index is 11.4. The van der Waals surface area contributed by atoms with Gasteiger partial charge in [-0.15, -0.1) is 0 Å². The highest BCUT2D eigenvalue weighted by Gasteiger charge is 2.07. The van der Waals surface area contributed by atoms with Crippen LogP contribution >= 0.6 is 0 Å². The molecule has 0 aliphatic heterocycles. The number of benzene rings is 1. The summed E-state index contributed by atoms with van der Waals surface area (Å²) in [4.78, 5) is 11.4. The Kier molecular flexibility index (Phi) is 3.07. The molecule has 70 valence electrons. The maximum atomic E-state index is 11.4. The lowest BCUT2D eigenvalue weighted by atomic mass is 10.0. The van der Waals surface area contributed by atoms with E-state index >= 15 is 0 Å². The topological polar surface area (TPSA) is 43.1 Å². The van der Waals surface area contributed by atoms with Gasteiger partial charge in [-0.3, -0.25) is 4.79 Å². The van der Waals surface area contributed by atoms with Gasteiger partial charge in [0.05, 0.1) is 0 Å². The Balaban J connectivity index is 2.69. The number of hydrogen-bond acceptors (Lipinski definition) is 2. The average Bonchev–Trinajstić information content (AvgIpc) is 2.04. The second-order valence-electron chi connectivity index (χ2n) is 3.54. The summed E-state index contributed by atoms with van der Waals surface area (Å²) in [6.07, 6.45) is 0.489. The van der Waals surface area contributed by atoms with E-state index in [1.165, 1.54) is 0 Å². The van der Waals surface area contributed by atoms with Crippen molar-refractivity contribution in [2.75, 3.05) is 5.73 Å². The molecule has 0 heterocycles. The molecule has 2 N–H and O–H groups in total. The largest absolute Gasteiger partial charge is 0.399 e. The van der Waals surface area contributed by atoms with Crippen molar-refractivity contribution in [1.82, 2.24) is 0 Å². The van der Waals surface area contributed by atoms with Gasteiger partial charge in [0.1, 0.15) is 5.78 Å². The molecule has 2 nitrogen and oxygen atoms in total. The number of ketones is 1. The lowest BCUT2D eigenvalue weighted by molar-refractivity contribution is -0.121. The number of rotatable bonds is 3. The highest BCUT2D eigenvalue weighted by Crippen LogP contribution is 2.09. The predicted molar refractivity (Wildman–Crippen MR) is 54.4 cm³/mol. The fourth-order valence-electron chi connectivity index (χ4n) is 1.11. The van der Waals surface area contributed by atoms with E-state index in [0.717, 1.165) is 5.56 Å². The minimum absolute atomic E-state index is 0.0985. The second kappa shape index (κ2) is 4.08. The molecule has 0 spiro atoms. The smallest absolute Gasteiger partial charge is 0.139 e. The third-order valence-electron chi connectivity index (χ3n) is 1.97. The third-order valence-corrected chi connectivity index (χ3v) is 1.97. The predicted octanol–water partition coefficient (Wildman–Crippen LogP) is 2.04. The summed E-state index contributed by atoms with van der Waals surface area (Å²) in [5, 5.41) is 0. The van der Waals surface area contributed by atoms with Gasteiger partial charge in [-0.05, 0) is 17.7 Å². The molecule has 1 rings (SSSR count). The number of nitrogen functional groups attached to an aromatic ring is 1. The van der Waals surface area contributed by atoms with E-state index in [2.05, 4.69) is 0 Å². The van der Waals surface area contributed by atoms with Crippen molar-refractivity contribution < 1.29 is 4.79 Å². The molecule has 0 atom stereocenters. The van der Waals surface area contributed by atoms with Gasteiger partial charge in [0.2, 0.25) is 0 Å². The standard InChI is InChI=1S/C11H15NO/c1-8(2)11(13)7-9-4-3-5-10(12)6-9/h3-6,8H,7,12H2,1-2H3. The Bertz CT molecular complexity index is 305. The Morgan fingerprint density at radius 3 is 2.69 bits per heavy atom. The van der Waals surface area contributed by atoms with Crippen molar-refractivity contribution in [2.24, 2.45) is 5.92 Å². The van der Waals surface area contributed by atoms with Crippen LogP contribution in [0, 0.1) is 5.92 Å². The van der Waals surface area contributed by atoms with Crippen LogP contribution < -0.4 is 5.73 Å². The molecule has 0 saturated heterocycles. The van der Waals surface area contributed by atoms with Crippen LogP contribution in [-0.4, -0.2) is 5.78 Å². The lowest BCUT2D eigenvalue weighted by Crippen LogP contribution is -2.10. The first-order valence-corrected chi connectivity index (χ1v) is 4.46. The van der Waals surface area contributed by atoms with Gasteiger partial charge in [0.15, 0.2) is 0 Å². The van der Waals surface area contributed by atoms with Crippen molar-refractivity contribution in [3.63, 3.8) is 0 Å². The molecule has 0 fully saturated rings. The summed E-state index contributed by atoms with van der Waals surface area (Å²) in [6, 6.07) is 7.47. The fraction of sp³-hybridized carbons (Fsp3) is 0.364. The highest BCUT2D eigenvalue weighted by atomic mass is 16.1. The van der Waals surface area contributed by atoms with Gasteiger partial charge >= 0.3 is 0 Å². The number of carbonyl (C=O) groups excluding carboxylic acids is 1. The van der Waals surface area contributed by atoms with Crippen molar-refractivity contribution in [1.29, 1.82) is 0 Å². The Hall–Kier alpha value is -1.31. The number of carbonyl (C=O) groups is 1. The highest BCUT2D eigenvalue weighted by molar-refractivity contribution is 5.82. The zero-order valence-corrected chi connectivity index (χ0v) is 8.08. The van der Waals surface area contributed by atoms with Crippen LogP contribution in [0.5, 0.6) is 0 Å². The van der Waals surface area contributed by atoms with Gasteiger partial charge in [-0.25, -0.2) is 0 Å². The number of anilines is 1. The molecule has 0 radical (unpaired) electrons. The minimum atomic E-state index is 0.0985. The van der Waals surface area contributed by atoms with E-state index in [4.69, 9.17) is 5.73 Å². The maximum Gasteiger partial charge on any atom is 0.139 e. The second-order valence-corrected chi connectivity index (χ2v) is 3.54. The van der Waals surface area contributed by atoms with Crippen LogP contribution in [0.4, 0.5) is 5.69 Å². The summed E-state index contributed by atoms with van der Waals surface area (Å²) < 4.78 is 0. The Morgan fingerprint density at radius 2 is 2.15 bits per heavy atom. The summed E-state index contributed by atoms with van der Waals surface area (Å²) >= 11 is 0. The molecule has 1 aromatic rings. The Morgan fingerprint density at radius 1 is 1.46 bits per heavy atom. The van der Waals surface area contributed by atoms with E-state index in [0.29, 0.717) is 12.1 Å². The first kappa shape index (κ1) is 9.78. The molecular weight excluding hydrogens is 162 g/mol. The quantitative estimate of drug-likeness (QED) is 0.718. The van der Waals surface area contributed by atoms with Crippen LogP contribution in [0.2, 0.25) is 0 Å². The fourth-order valence-corrected chi connectivity index (χ4v) is 1.11. The van der Waals surface area contributed by atoms with Gasteiger partial charge in [0.25, 0.3) is 0 Å². The number of hydrogen-bond donors (Lipinski definition) is 1. The van der Waals surface area contributed by atoms with Crippen LogP contribution in [-0.2, 0) is 11.2 Å². The van der Waals surface area contributed by atoms with Gasteiger partial charge in [-0.2, -0.15) is 0 Å². The average molecular weight is 177 g/mol. The van der Waals surface area contributed by atoms with Gasteiger partial charge in [0, 0.05) is 18.0 Å². The third kappa shape index (κ3) is 2.90. The molecule has 0 aromatic heterocycles. The lowest BCUT2D eigenvalue weighted by Gasteiger charge is -2.04. The molecule has 0 amide bonds. The molecular formula is C11H15NO. The van der Waals surface area contributed by atoms with E-state index in [9.17, 15) is 4.79 Å². The van der Waals surface area contributed by atoms with Crippen molar-refractivity contribution in [2.45, 2.75) is 20.3 Å². The first-order chi connectivity index (χ1) is 6.09. The molecule has 0 bridgehead atoms. The summed E-state index contributed by atoms with van der Waals surface area (Å²) in [7, 11) is 0. The van der Waals surface area contributed by atoms with Gasteiger partial charge in [-0.1, -0.05) is 26.0 Å². The number of Topliss-reactive ketones (excluding diaryl/α,β-unsaturated/α-hetero) is 1. The first-order valence-electron chi connectivity index (χ1n) is 4.46. The zero-order chi connectivity index (χ0) is 9.84. The summed E-state index contributed by atoms with van der Waals surface area (Å²) in [5.74, 6) is 0.354. The van der Waals surface area contributed by atoms with Crippen LogP contribution in [0.15, 0.2) is 24.3 Å². The van der Waals surface area contributed by atoms with E-state index < -0.39 is 0 Å². The van der Waals surface area contributed by atoms with E-state index in [1.54, 1.807) is 0 Å².